The Bertz CT molecular complexity index is 2110. The van der Waals surface area contributed by atoms with Gasteiger partial charge in [-0.2, -0.15) is 0 Å². The average Bonchev–Trinajstić information content (AvgIpc) is 4.20. The van der Waals surface area contributed by atoms with Gasteiger partial charge in [-0.25, -0.2) is 0 Å². The van der Waals surface area contributed by atoms with E-state index in [0.29, 0.717) is 19.3 Å². The molecule has 0 atom stereocenters. The molecule has 0 bridgehead atoms. The van der Waals surface area contributed by atoms with E-state index in [1.165, 1.54) is 6.92 Å². The normalized spacial score (nSPS) is 13.7. The van der Waals surface area contributed by atoms with Gasteiger partial charge in [-0.3, -0.25) is 81.8 Å². The number of carbonyl (C=O) groups excluding carboxylic acids is 14. The van der Waals surface area contributed by atoms with Gasteiger partial charge in [-0.15, -0.1) is 0 Å². The maximum Gasteiger partial charge on any atom is 0.253 e. The molecule has 13 amide bonds. The number of thioether (sulfide) groups is 1. The zero-order valence-electron chi connectivity index (χ0n) is 48.0. The highest BCUT2D eigenvalue weighted by atomic mass is 32.2. The molecule has 0 unspecified atom stereocenters. The minimum Gasteiger partial charge on any atom is -0.379 e. The number of hydrogen-bond donors (Lipinski definition) is 7. The van der Waals surface area contributed by atoms with Crippen molar-refractivity contribution in [2.75, 3.05) is 144 Å². The molecule has 0 spiro atoms. The molecule has 0 aromatic carbocycles. The van der Waals surface area contributed by atoms with Crippen LogP contribution in [0.5, 0.6) is 0 Å². The largest absolute Gasteiger partial charge is 0.379 e. The first-order valence-corrected chi connectivity index (χ1v) is 29.0. The summed E-state index contributed by atoms with van der Waals surface area (Å²) >= 11 is 0.990. The summed E-state index contributed by atoms with van der Waals surface area (Å²) in [5, 5.41) is 19.0. The summed E-state index contributed by atoms with van der Waals surface area (Å²) in [5.74, 6) is -4.99. The van der Waals surface area contributed by atoms with Crippen molar-refractivity contribution < 1.29 is 95.5 Å². The monoisotopic (exact) mass is 1220 g/mol. The number of amides is 13. The molecule has 472 valence electrons. The molecule has 3 heterocycles. The third-order valence-electron chi connectivity index (χ3n) is 12.1. The second kappa shape index (κ2) is 42.5. The number of hydrogen-bond acceptors (Lipinski definition) is 21. The van der Waals surface area contributed by atoms with Crippen molar-refractivity contribution in [2.24, 2.45) is 0 Å². The van der Waals surface area contributed by atoms with Crippen LogP contribution in [-0.2, 0) is 95.5 Å². The summed E-state index contributed by atoms with van der Waals surface area (Å²) in [7, 11) is 0. The fourth-order valence-corrected chi connectivity index (χ4v) is 8.18. The quantitative estimate of drug-likeness (QED) is 0.0231. The van der Waals surface area contributed by atoms with Crippen LogP contribution >= 0.6 is 11.8 Å². The van der Waals surface area contributed by atoms with E-state index >= 15 is 0 Å². The lowest BCUT2D eigenvalue weighted by Gasteiger charge is -2.34. The molecule has 7 N–H and O–H groups in total. The van der Waals surface area contributed by atoms with Crippen molar-refractivity contribution in [1.29, 1.82) is 0 Å². The molecule has 3 rings (SSSR count). The third kappa shape index (κ3) is 32.5. The lowest BCUT2D eigenvalue weighted by Crippen LogP contribution is -2.58. The van der Waals surface area contributed by atoms with Crippen molar-refractivity contribution in [1.82, 2.24) is 51.9 Å². The molecule has 0 saturated carbocycles. The molecule has 31 heteroatoms. The Morgan fingerprint density at radius 3 is 0.941 bits per heavy atom. The Labute approximate surface area is 496 Å². The van der Waals surface area contributed by atoms with Gasteiger partial charge >= 0.3 is 0 Å². The lowest BCUT2D eigenvalue weighted by molar-refractivity contribution is -0.139. The van der Waals surface area contributed by atoms with Crippen molar-refractivity contribution in [2.45, 2.75) is 76.7 Å². The number of nitrogens with one attached hydrogen (secondary N) is 7. The fraction of sp³-hybridized carbons (Fsp3) is 0.630. The standard InChI is InChI=1S/C54H80N10O20S/c1-40(65)85-36-17-47(72)61-54(37-82-27-2-18-55-44(69)14-30-79-33-21-58-41(66)11-24-62-48(73)5-6-49(62)74,38-83-28-3-19-56-45(70)15-31-80-34-22-59-42(67)12-25-63-50(75)7-8-51(63)76)39-84-29-4-20-57-46(71)16-32-81-35-23-60-43(68)13-26-64-52(77)9-10-53(64)78/h5-10H,2-4,11-39H2,1H3,(H,55,69)(H,56,70)(H,57,71)(H,58,66)(H,59,67)(H,60,68)(H,61,72). The van der Waals surface area contributed by atoms with Gasteiger partial charge in [0, 0.05) is 173 Å². The predicted molar refractivity (Wildman–Crippen MR) is 301 cm³/mol. The predicted octanol–water partition coefficient (Wildman–Crippen LogP) is -3.41. The highest BCUT2D eigenvalue weighted by Crippen LogP contribution is 2.13. The first-order chi connectivity index (χ1) is 40.9. The molecule has 0 aromatic rings. The van der Waals surface area contributed by atoms with Gasteiger partial charge in [0.1, 0.15) is 5.54 Å². The number of nitrogens with zero attached hydrogens (tertiary/aromatic N) is 3. The van der Waals surface area contributed by atoms with Crippen molar-refractivity contribution >= 4 is 93.7 Å². The first kappa shape index (κ1) is 72.0. The molecule has 0 radical (unpaired) electrons. The number of ether oxygens (including phenoxy) is 6. The van der Waals surface area contributed by atoms with Crippen molar-refractivity contribution in [3.8, 4) is 0 Å². The van der Waals surface area contributed by atoms with E-state index in [0.717, 1.165) is 62.9 Å². The van der Waals surface area contributed by atoms with E-state index in [9.17, 15) is 67.1 Å². The van der Waals surface area contributed by atoms with E-state index < -0.39 is 46.9 Å². The second-order valence-electron chi connectivity index (χ2n) is 19.1. The summed E-state index contributed by atoms with van der Waals surface area (Å²) in [5.41, 5.74) is -1.26. The first-order valence-electron chi connectivity index (χ1n) is 28.0. The van der Waals surface area contributed by atoms with E-state index in [4.69, 9.17) is 28.4 Å². The summed E-state index contributed by atoms with van der Waals surface area (Å²) in [4.78, 5) is 171. The van der Waals surface area contributed by atoms with Gasteiger partial charge in [0.2, 0.25) is 41.4 Å². The zero-order chi connectivity index (χ0) is 62.1. The molecule has 0 fully saturated rings. The summed E-state index contributed by atoms with van der Waals surface area (Å²) in [6.45, 7) is 3.27. The van der Waals surface area contributed by atoms with Gasteiger partial charge in [-0.05, 0) is 19.3 Å². The van der Waals surface area contributed by atoms with E-state index in [-0.39, 0.29) is 229 Å². The van der Waals surface area contributed by atoms with Crippen LogP contribution in [0.3, 0.4) is 0 Å². The van der Waals surface area contributed by atoms with Crippen LogP contribution in [0.2, 0.25) is 0 Å². The average molecular weight is 1220 g/mol. The Balaban J connectivity index is 1.41. The topological polar surface area (TPSA) is 388 Å². The SMILES string of the molecule is CC(=O)SCCC(=O)NC(COCCCNC(=O)CCOCCNC(=O)CCN1C(=O)C=CC1=O)(COCCCNC(=O)CCOCCNC(=O)CCN1C(=O)C=CC1=O)COCCCNC(=O)CCOCCNC(=O)CCN1C(=O)C=CC1=O. The van der Waals surface area contributed by atoms with Crippen LogP contribution < -0.4 is 37.2 Å². The molecule has 0 saturated heterocycles. The van der Waals surface area contributed by atoms with Gasteiger partial charge in [0.15, 0.2) is 5.12 Å². The molecule has 3 aliphatic heterocycles. The van der Waals surface area contributed by atoms with Crippen LogP contribution in [0.15, 0.2) is 36.5 Å². The summed E-state index contributed by atoms with van der Waals surface area (Å²) in [6, 6.07) is 0. The lowest BCUT2D eigenvalue weighted by atomic mass is 10.0. The maximum absolute atomic E-state index is 13.4. The molecular weight excluding hydrogens is 1140 g/mol. The third-order valence-corrected chi connectivity index (χ3v) is 12.9. The van der Waals surface area contributed by atoms with Crippen LogP contribution in [0, 0.1) is 0 Å². The van der Waals surface area contributed by atoms with Crippen LogP contribution in [0.1, 0.15) is 71.1 Å². The van der Waals surface area contributed by atoms with Gasteiger partial charge < -0.3 is 65.6 Å². The van der Waals surface area contributed by atoms with Crippen molar-refractivity contribution in [3.05, 3.63) is 36.5 Å². The number of imide groups is 3. The van der Waals surface area contributed by atoms with E-state index in [2.05, 4.69) is 37.2 Å². The highest BCUT2D eigenvalue weighted by molar-refractivity contribution is 8.13. The molecular formula is C54H80N10O20S. The van der Waals surface area contributed by atoms with Crippen LogP contribution in [0.4, 0.5) is 0 Å². The molecule has 3 aliphatic rings. The minimum atomic E-state index is -1.26. The zero-order valence-corrected chi connectivity index (χ0v) is 48.8. The molecule has 85 heavy (non-hydrogen) atoms. The van der Waals surface area contributed by atoms with E-state index in [1.807, 2.05) is 0 Å². The number of carbonyl (C=O) groups is 14. The van der Waals surface area contributed by atoms with Gasteiger partial charge in [-0.1, -0.05) is 11.8 Å². The smallest absolute Gasteiger partial charge is 0.253 e. The second-order valence-corrected chi connectivity index (χ2v) is 20.3. The van der Waals surface area contributed by atoms with Crippen LogP contribution in [0.25, 0.3) is 0 Å². The van der Waals surface area contributed by atoms with Crippen LogP contribution in [-0.4, -0.2) is 246 Å². The number of rotatable bonds is 49. The van der Waals surface area contributed by atoms with Crippen molar-refractivity contribution in [3.63, 3.8) is 0 Å². The fourth-order valence-electron chi connectivity index (χ4n) is 7.60. The Morgan fingerprint density at radius 2 is 0.647 bits per heavy atom. The molecule has 30 nitrogen and oxygen atoms in total. The molecule has 0 aromatic heterocycles. The minimum absolute atomic E-state index is 0.0129. The highest BCUT2D eigenvalue weighted by Gasteiger charge is 2.34. The van der Waals surface area contributed by atoms with Gasteiger partial charge in [0.25, 0.3) is 35.4 Å². The summed E-state index contributed by atoms with van der Waals surface area (Å²) < 4.78 is 34.5. The maximum atomic E-state index is 13.4. The summed E-state index contributed by atoms with van der Waals surface area (Å²) in [6.07, 6.45) is 7.92. The Kier molecular flexibility index (Phi) is 36.0. The Hall–Kier alpha value is -7.29. The molecule has 0 aliphatic carbocycles. The van der Waals surface area contributed by atoms with E-state index in [1.54, 1.807) is 0 Å². The van der Waals surface area contributed by atoms with Gasteiger partial charge in [0.05, 0.1) is 59.5 Å². The Morgan fingerprint density at radius 1 is 0.365 bits per heavy atom.